The molecule has 0 aliphatic rings. The summed E-state index contributed by atoms with van der Waals surface area (Å²) in [7, 11) is 0. The maximum atomic E-state index is 13.2. The summed E-state index contributed by atoms with van der Waals surface area (Å²) in [5, 5.41) is 12.2. The van der Waals surface area contributed by atoms with Crippen LogP contribution in [0.5, 0.6) is 0 Å². The summed E-state index contributed by atoms with van der Waals surface area (Å²) in [4.78, 5) is 11.5. The Morgan fingerprint density at radius 1 is 1.50 bits per heavy atom. The summed E-state index contributed by atoms with van der Waals surface area (Å²) < 4.78 is 13.6. The molecule has 3 nitrogen and oxygen atoms in total. The van der Waals surface area contributed by atoms with Crippen molar-refractivity contribution in [3.63, 3.8) is 0 Å². The Bertz CT molecular complexity index is 423. The molecular weight excluding hydrogens is 301 g/mol. The second-order valence-corrected chi connectivity index (χ2v) is 5.40. The standard InChI is InChI=1S/C13H17BrFNO2/c1-8(2)12(17)6-13(18)16-7-9-3-4-10(14)11(15)5-9/h3-5,8,12,17H,6-7H2,1-2H3,(H,16,18). The average Bonchev–Trinajstić information content (AvgIpc) is 2.30. The van der Waals surface area contributed by atoms with Gasteiger partial charge in [0.25, 0.3) is 0 Å². The highest BCUT2D eigenvalue weighted by Crippen LogP contribution is 2.16. The molecule has 1 aromatic rings. The van der Waals surface area contributed by atoms with Crippen LogP contribution < -0.4 is 5.32 Å². The van der Waals surface area contributed by atoms with E-state index in [9.17, 15) is 14.3 Å². The number of benzene rings is 1. The molecule has 1 unspecified atom stereocenters. The molecule has 2 N–H and O–H groups in total. The maximum absolute atomic E-state index is 13.2. The van der Waals surface area contributed by atoms with Gasteiger partial charge in [-0.25, -0.2) is 4.39 Å². The topological polar surface area (TPSA) is 49.3 Å². The van der Waals surface area contributed by atoms with Crippen molar-refractivity contribution in [3.8, 4) is 0 Å². The molecule has 0 aliphatic heterocycles. The average molecular weight is 318 g/mol. The Labute approximate surface area is 115 Å². The van der Waals surface area contributed by atoms with E-state index in [1.54, 1.807) is 12.1 Å². The lowest BCUT2D eigenvalue weighted by atomic mass is 10.0. The van der Waals surface area contributed by atoms with Crippen LogP contribution in [0.1, 0.15) is 25.8 Å². The molecule has 0 radical (unpaired) electrons. The highest BCUT2D eigenvalue weighted by atomic mass is 79.9. The molecule has 0 saturated heterocycles. The third-order valence-electron chi connectivity index (χ3n) is 2.64. The molecule has 1 atom stereocenters. The monoisotopic (exact) mass is 317 g/mol. The van der Waals surface area contributed by atoms with E-state index in [0.717, 1.165) is 0 Å². The molecule has 0 aliphatic carbocycles. The number of rotatable bonds is 5. The Morgan fingerprint density at radius 3 is 2.72 bits per heavy atom. The van der Waals surface area contributed by atoms with Crippen molar-refractivity contribution in [2.75, 3.05) is 0 Å². The van der Waals surface area contributed by atoms with Crippen LogP contribution in [-0.4, -0.2) is 17.1 Å². The maximum Gasteiger partial charge on any atom is 0.222 e. The van der Waals surface area contributed by atoms with Gasteiger partial charge in [-0.3, -0.25) is 4.79 Å². The summed E-state index contributed by atoms with van der Waals surface area (Å²) in [6, 6.07) is 4.69. The fourth-order valence-electron chi connectivity index (χ4n) is 1.35. The molecule has 0 saturated carbocycles. The lowest BCUT2D eigenvalue weighted by Gasteiger charge is -2.14. The third-order valence-corrected chi connectivity index (χ3v) is 3.28. The van der Waals surface area contributed by atoms with E-state index >= 15 is 0 Å². The van der Waals surface area contributed by atoms with Crippen LogP contribution in [0.2, 0.25) is 0 Å². The van der Waals surface area contributed by atoms with Crippen LogP contribution in [0.15, 0.2) is 22.7 Å². The summed E-state index contributed by atoms with van der Waals surface area (Å²) in [5.74, 6) is -0.552. The molecule has 0 spiro atoms. The van der Waals surface area contributed by atoms with E-state index in [-0.39, 0.29) is 30.6 Å². The Kier molecular flexibility index (Phi) is 5.75. The van der Waals surface area contributed by atoms with Crippen LogP contribution in [0.25, 0.3) is 0 Å². The Balaban J connectivity index is 2.45. The highest BCUT2D eigenvalue weighted by Gasteiger charge is 2.14. The van der Waals surface area contributed by atoms with Crippen molar-refractivity contribution < 1.29 is 14.3 Å². The Morgan fingerprint density at radius 2 is 2.17 bits per heavy atom. The number of aliphatic hydroxyl groups is 1. The van der Waals surface area contributed by atoms with Gasteiger partial charge in [-0.2, -0.15) is 0 Å². The molecule has 1 amide bonds. The van der Waals surface area contributed by atoms with Crippen molar-refractivity contribution in [1.29, 1.82) is 0 Å². The number of aliphatic hydroxyl groups excluding tert-OH is 1. The minimum atomic E-state index is -0.647. The number of hydrogen-bond acceptors (Lipinski definition) is 2. The van der Waals surface area contributed by atoms with Crippen LogP contribution >= 0.6 is 15.9 Å². The first-order valence-corrected chi connectivity index (χ1v) is 6.58. The van der Waals surface area contributed by atoms with Crippen LogP contribution in [0.3, 0.4) is 0 Å². The smallest absolute Gasteiger partial charge is 0.222 e. The van der Waals surface area contributed by atoms with Crippen molar-refractivity contribution >= 4 is 21.8 Å². The van der Waals surface area contributed by atoms with Gasteiger partial charge in [0.2, 0.25) is 5.91 Å². The van der Waals surface area contributed by atoms with Gasteiger partial charge in [0, 0.05) is 6.54 Å². The number of amides is 1. The first kappa shape index (κ1) is 15.1. The SMILES string of the molecule is CC(C)C(O)CC(=O)NCc1ccc(Br)c(F)c1. The van der Waals surface area contributed by atoms with E-state index in [1.165, 1.54) is 6.07 Å². The second-order valence-electron chi connectivity index (χ2n) is 4.54. The molecule has 18 heavy (non-hydrogen) atoms. The van der Waals surface area contributed by atoms with E-state index in [4.69, 9.17) is 0 Å². The molecule has 0 bridgehead atoms. The number of carbonyl (C=O) groups is 1. The third kappa shape index (κ3) is 4.74. The summed E-state index contributed by atoms with van der Waals surface area (Å²) in [6.45, 7) is 3.96. The van der Waals surface area contributed by atoms with Gasteiger partial charge in [-0.1, -0.05) is 19.9 Å². The Hall–Kier alpha value is -0.940. The molecule has 5 heteroatoms. The molecule has 100 valence electrons. The van der Waals surface area contributed by atoms with Crippen LogP contribution in [0, 0.1) is 11.7 Å². The molecule has 0 fully saturated rings. The minimum absolute atomic E-state index is 0.0425. The predicted octanol–water partition coefficient (Wildman–Crippen LogP) is 2.61. The molecule has 1 aromatic carbocycles. The van der Waals surface area contributed by atoms with Gasteiger partial charge >= 0.3 is 0 Å². The van der Waals surface area contributed by atoms with Gasteiger partial charge < -0.3 is 10.4 Å². The van der Waals surface area contributed by atoms with E-state index in [0.29, 0.717) is 10.0 Å². The zero-order valence-electron chi connectivity index (χ0n) is 10.4. The zero-order chi connectivity index (χ0) is 13.7. The van der Waals surface area contributed by atoms with Crippen molar-refractivity contribution in [2.45, 2.75) is 32.9 Å². The number of halogens is 2. The lowest BCUT2D eigenvalue weighted by Crippen LogP contribution is -2.29. The molecule has 1 rings (SSSR count). The fraction of sp³-hybridized carbons (Fsp3) is 0.462. The molecule has 0 heterocycles. The van der Waals surface area contributed by atoms with E-state index in [2.05, 4.69) is 21.2 Å². The van der Waals surface area contributed by atoms with E-state index in [1.807, 2.05) is 13.8 Å². The summed E-state index contributed by atoms with van der Waals surface area (Å²) >= 11 is 3.06. The predicted molar refractivity (Wildman–Crippen MR) is 71.4 cm³/mol. The van der Waals surface area contributed by atoms with E-state index < -0.39 is 6.10 Å². The van der Waals surface area contributed by atoms with Gasteiger partial charge in [0.15, 0.2) is 0 Å². The van der Waals surface area contributed by atoms with Crippen LogP contribution in [0.4, 0.5) is 4.39 Å². The van der Waals surface area contributed by atoms with Gasteiger partial charge in [-0.05, 0) is 39.5 Å². The zero-order valence-corrected chi connectivity index (χ0v) is 12.0. The van der Waals surface area contributed by atoms with Gasteiger partial charge in [0.05, 0.1) is 17.0 Å². The minimum Gasteiger partial charge on any atom is -0.392 e. The molecule has 0 aromatic heterocycles. The first-order valence-electron chi connectivity index (χ1n) is 5.79. The van der Waals surface area contributed by atoms with Gasteiger partial charge in [0.1, 0.15) is 5.82 Å². The lowest BCUT2D eigenvalue weighted by molar-refractivity contribution is -0.123. The van der Waals surface area contributed by atoms with Crippen molar-refractivity contribution in [3.05, 3.63) is 34.1 Å². The number of nitrogens with one attached hydrogen (secondary N) is 1. The first-order chi connectivity index (χ1) is 8.40. The quantitative estimate of drug-likeness (QED) is 0.877. The van der Waals surface area contributed by atoms with Crippen LogP contribution in [-0.2, 0) is 11.3 Å². The number of carbonyl (C=O) groups excluding carboxylic acids is 1. The second kappa shape index (κ2) is 6.85. The largest absolute Gasteiger partial charge is 0.392 e. The van der Waals surface area contributed by atoms with Gasteiger partial charge in [-0.15, -0.1) is 0 Å². The number of hydrogen-bond donors (Lipinski definition) is 2. The van der Waals surface area contributed by atoms with Crippen molar-refractivity contribution in [2.24, 2.45) is 5.92 Å². The fourth-order valence-corrected chi connectivity index (χ4v) is 1.59. The highest BCUT2D eigenvalue weighted by molar-refractivity contribution is 9.10. The molecular formula is C13H17BrFNO2. The van der Waals surface area contributed by atoms with Crippen molar-refractivity contribution in [1.82, 2.24) is 5.32 Å². The summed E-state index contributed by atoms with van der Waals surface area (Å²) in [5.41, 5.74) is 0.683. The normalized spacial score (nSPS) is 12.6. The summed E-state index contributed by atoms with van der Waals surface area (Å²) in [6.07, 6.45) is -0.580.